The van der Waals surface area contributed by atoms with E-state index in [1.54, 1.807) is 14.1 Å². The molecule has 0 amide bonds. The summed E-state index contributed by atoms with van der Waals surface area (Å²) in [6.45, 7) is 1.98. The highest BCUT2D eigenvalue weighted by atomic mass is 16.1. The maximum absolute atomic E-state index is 11.8. The van der Waals surface area contributed by atoms with Gasteiger partial charge in [-0.3, -0.25) is 9.99 Å². The van der Waals surface area contributed by atoms with Crippen LogP contribution in [0, 0.1) is 6.92 Å². The molecule has 1 aromatic carbocycles. The van der Waals surface area contributed by atoms with Crippen LogP contribution in [0.1, 0.15) is 5.56 Å². The highest BCUT2D eigenvalue weighted by Gasteiger charge is 2.10. The van der Waals surface area contributed by atoms with Crippen LogP contribution >= 0.6 is 0 Å². The molecule has 2 rings (SSSR count). The van der Waals surface area contributed by atoms with Crippen LogP contribution in [0.5, 0.6) is 0 Å². The van der Waals surface area contributed by atoms with Crippen LogP contribution in [-0.2, 0) is 7.05 Å². The molecule has 1 aromatic heterocycles. The lowest BCUT2D eigenvalue weighted by molar-refractivity contribution is 0.775. The Morgan fingerprint density at radius 2 is 1.94 bits per heavy atom. The molecule has 0 unspecified atom stereocenters. The number of aromatic nitrogens is 3. The Morgan fingerprint density at radius 3 is 2.61 bits per heavy atom. The van der Waals surface area contributed by atoms with Crippen molar-refractivity contribution in [3.8, 4) is 11.4 Å². The first-order valence-electron chi connectivity index (χ1n) is 5.57. The van der Waals surface area contributed by atoms with Gasteiger partial charge in [0.2, 0.25) is 5.95 Å². The summed E-state index contributed by atoms with van der Waals surface area (Å²) in [6, 6.07) is 7.78. The molecular weight excluding hydrogens is 230 g/mol. The van der Waals surface area contributed by atoms with Gasteiger partial charge in [-0.2, -0.15) is 9.97 Å². The van der Waals surface area contributed by atoms with E-state index in [1.165, 1.54) is 4.57 Å². The molecule has 1 heterocycles. The molecule has 6 heteroatoms. The minimum absolute atomic E-state index is 0.263. The number of hydrogen-bond donors (Lipinski definition) is 2. The van der Waals surface area contributed by atoms with E-state index in [0.717, 1.165) is 11.1 Å². The zero-order valence-electron chi connectivity index (χ0n) is 10.6. The monoisotopic (exact) mass is 245 g/mol. The van der Waals surface area contributed by atoms with Crippen LogP contribution in [0.3, 0.4) is 0 Å². The fourth-order valence-electron chi connectivity index (χ4n) is 1.69. The third kappa shape index (κ3) is 2.23. The number of rotatable bonds is 3. The number of anilines is 1. The molecule has 0 saturated heterocycles. The molecule has 0 radical (unpaired) electrons. The fourth-order valence-corrected chi connectivity index (χ4v) is 1.69. The molecule has 6 nitrogen and oxygen atoms in total. The van der Waals surface area contributed by atoms with Crippen LogP contribution in [0.2, 0.25) is 0 Å². The van der Waals surface area contributed by atoms with Gasteiger partial charge in [-0.15, -0.1) is 0 Å². The maximum atomic E-state index is 11.8. The number of benzene rings is 1. The van der Waals surface area contributed by atoms with E-state index in [0.29, 0.717) is 5.82 Å². The first kappa shape index (κ1) is 12.3. The van der Waals surface area contributed by atoms with E-state index in [4.69, 9.17) is 0 Å². The van der Waals surface area contributed by atoms with Crippen molar-refractivity contribution >= 4 is 5.95 Å². The van der Waals surface area contributed by atoms with Gasteiger partial charge < -0.3 is 0 Å². The second-order valence-corrected chi connectivity index (χ2v) is 3.90. The average Bonchev–Trinajstić information content (AvgIpc) is 2.35. The summed E-state index contributed by atoms with van der Waals surface area (Å²) in [5, 5.41) is 0. The van der Waals surface area contributed by atoms with Gasteiger partial charge in [0.1, 0.15) is 5.82 Å². The van der Waals surface area contributed by atoms with E-state index >= 15 is 0 Å². The summed E-state index contributed by atoms with van der Waals surface area (Å²) in [4.78, 5) is 19.9. The molecule has 0 atom stereocenters. The molecule has 2 N–H and O–H groups in total. The zero-order chi connectivity index (χ0) is 13.1. The smallest absolute Gasteiger partial charge is 0.290 e. The number of hydrogen-bond acceptors (Lipinski definition) is 5. The minimum Gasteiger partial charge on any atom is -0.290 e. The van der Waals surface area contributed by atoms with Crippen molar-refractivity contribution in [2.24, 2.45) is 7.05 Å². The summed E-state index contributed by atoms with van der Waals surface area (Å²) in [5.74, 6) is 0.852. The fraction of sp³-hybridized carbons (Fsp3) is 0.250. The predicted molar refractivity (Wildman–Crippen MR) is 70.1 cm³/mol. The van der Waals surface area contributed by atoms with Crippen molar-refractivity contribution in [1.82, 2.24) is 20.0 Å². The van der Waals surface area contributed by atoms with Crippen molar-refractivity contribution in [3.05, 3.63) is 40.3 Å². The van der Waals surface area contributed by atoms with E-state index in [2.05, 4.69) is 20.8 Å². The van der Waals surface area contributed by atoms with E-state index in [-0.39, 0.29) is 11.6 Å². The van der Waals surface area contributed by atoms with Crippen LogP contribution < -0.4 is 16.5 Å². The van der Waals surface area contributed by atoms with Gasteiger partial charge in [0, 0.05) is 19.7 Å². The Morgan fingerprint density at radius 1 is 1.22 bits per heavy atom. The topological polar surface area (TPSA) is 71.8 Å². The minimum atomic E-state index is -0.346. The summed E-state index contributed by atoms with van der Waals surface area (Å²) < 4.78 is 1.43. The molecule has 0 aliphatic heterocycles. The van der Waals surface area contributed by atoms with Gasteiger partial charge in [0.05, 0.1) is 0 Å². The van der Waals surface area contributed by atoms with Crippen LogP contribution in [0.25, 0.3) is 11.4 Å². The molecule has 18 heavy (non-hydrogen) atoms. The van der Waals surface area contributed by atoms with Crippen molar-refractivity contribution in [2.75, 3.05) is 12.5 Å². The summed E-state index contributed by atoms with van der Waals surface area (Å²) >= 11 is 0. The molecule has 0 bridgehead atoms. The first-order valence-corrected chi connectivity index (χ1v) is 5.57. The Hall–Kier alpha value is -2.21. The lowest BCUT2D eigenvalue weighted by Crippen LogP contribution is -2.27. The molecule has 0 aliphatic carbocycles. The number of nitrogens with zero attached hydrogens (tertiary/aromatic N) is 3. The largest absolute Gasteiger partial charge is 0.352 e. The van der Waals surface area contributed by atoms with Crippen molar-refractivity contribution in [2.45, 2.75) is 6.92 Å². The molecule has 94 valence electrons. The Labute approximate surface area is 105 Å². The van der Waals surface area contributed by atoms with E-state index in [9.17, 15) is 4.79 Å². The number of aryl methyl sites for hydroxylation is 1. The van der Waals surface area contributed by atoms with Crippen molar-refractivity contribution in [1.29, 1.82) is 0 Å². The number of hydrazine groups is 1. The van der Waals surface area contributed by atoms with Crippen molar-refractivity contribution in [3.63, 3.8) is 0 Å². The van der Waals surface area contributed by atoms with Gasteiger partial charge in [-0.05, 0) is 12.5 Å². The molecule has 0 fully saturated rings. The third-order valence-electron chi connectivity index (χ3n) is 2.64. The average molecular weight is 245 g/mol. The summed E-state index contributed by atoms with van der Waals surface area (Å²) in [6.07, 6.45) is 0. The third-order valence-corrected chi connectivity index (χ3v) is 2.64. The van der Waals surface area contributed by atoms with Gasteiger partial charge in [-0.25, -0.2) is 10.2 Å². The van der Waals surface area contributed by atoms with Crippen LogP contribution in [0.15, 0.2) is 29.1 Å². The quantitative estimate of drug-likeness (QED) is 0.779. The molecule has 0 saturated carbocycles. The molecule has 2 aromatic rings. The molecule has 0 spiro atoms. The predicted octanol–water partition coefficient (Wildman–Crippen LogP) is 0.697. The van der Waals surface area contributed by atoms with E-state index < -0.39 is 0 Å². The Kier molecular flexibility index (Phi) is 3.38. The summed E-state index contributed by atoms with van der Waals surface area (Å²) in [7, 11) is 3.35. The normalized spacial score (nSPS) is 10.4. The highest BCUT2D eigenvalue weighted by Crippen LogP contribution is 2.19. The van der Waals surface area contributed by atoms with Gasteiger partial charge >= 0.3 is 5.69 Å². The van der Waals surface area contributed by atoms with E-state index in [1.807, 2.05) is 31.2 Å². The lowest BCUT2D eigenvalue weighted by Gasteiger charge is -2.11. The highest BCUT2D eigenvalue weighted by molar-refractivity contribution is 5.60. The Bertz CT molecular complexity index is 620. The van der Waals surface area contributed by atoms with Gasteiger partial charge in [0.25, 0.3) is 0 Å². The standard InChI is InChI=1S/C12H15N5O/c1-8-6-4-5-7-9(8)10-14-11(16-13-2)15-12(18)17(10)3/h4-7,13H,1-3H3,(H,15,16,18). The maximum Gasteiger partial charge on any atom is 0.352 e. The van der Waals surface area contributed by atoms with Gasteiger partial charge in [0.15, 0.2) is 0 Å². The Balaban J connectivity index is 2.63. The van der Waals surface area contributed by atoms with Crippen LogP contribution in [-0.4, -0.2) is 21.6 Å². The zero-order valence-corrected chi connectivity index (χ0v) is 10.6. The second-order valence-electron chi connectivity index (χ2n) is 3.90. The van der Waals surface area contributed by atoms with Gasteiger partial charge in [-0.1, -0.05) is 24.3 Å². The second kappa shape index (κ2) is 4.97. The number of nitrogens with one attached hydrogen (secondary N) is 2. The summed E-state index contributed by atoms with van der Waals surface area (Å²) in [5.41, 5.74) is 7.05. The first-order chi connectivity index (χ1) is 8.63. The lowest BCUT2D eigenvalue weighted by atomic mass is 10.1. The molecule has 0 aliphatic rings. The molecular formula is C12H15N5O. The SMILES string of the molecule is CNNc1nc(-c2ccccc2C)n(C)c(=O)n1. The van der Waals surface area contributed by atoms with Crippen molar-refractivity contribution < 1.29 is 0 Å². The van der Waals surface area contributed by atoms with Crippen LogP contribution in [0.4, 0.5) is 5.95 Å².